The van der Waals surface area contributed by atoms with Crippen LogP contribution in [-0.2, 0) is 11.3 Å². The molecule has 152 valence electrons. The first kappa shape index (κ1) is 19.6. The quantitative estimate of drug-likeness (QED) is 0.805. The predicted octanol–water partition coefficient (Wildman–Crippen LogP) is 3.14. The van der Waals surface area contributed by atoms with Gasteiger partial charge in [-0.1, -0.05) is 0 Å². The Morgan fingerprint density at radius 3 is 2.55 bits per heavy atom. The number of carbonyl (C=O) groups excluding carboxylic acids is 2. The van der Waals surface area contributed by atoms with Gasteiger partial charge in [0.05, 0.1) is 5.56 Å². The third-order valence-electron chi connectivity index (χ3n) is 6.46. The maximum absolute atomic E-state index is 13.0. The van der Waals surface area contributed by atoms with Crippen LogP contribution in [0.1, 0.15) is 52.9 Å². The molecule has 4 rings (SSSR count). The van der Waals surface area contributed by atoms with Gasteiger partial charge in [-0.05, 0) is 67.9 Å². The first-order chi connectivity index (χ1) is 14.0. The van der Waals surface area contributed by atoms with Crippen molar-refractivity contribution in [2.24, 2.45) is 5.41 Å². The number of likely N-dealkylation sites (tertiary alicyclic amines) is 2. The molecule has 2 amide bonds. The van der Waals surface area contributed by atoms with Crippen LogP contribution in [-0.4, -0.2) is 51.2 Å². The summed E-state index contributed by atoms with van der Waals surface area (Å²) in [6.07, 6.45) is 8.64. The smallest absolute Gasteiger partial charge is 0.255 e. The lowest BCUT2D eigenvalue weighted by molar-refractivity contribution is -0.139. The second kappa shape index (κ2) is 7.93. The molecular weight excluding hydrogens is 364 g/mol. The minimum atomic E-state index is 0.0744. The van der Waals surface area contributed by atoms with Crippen LogP contribution in [0.15, 0.2) is 36.8 Å². The van der Waals surface area contributed by atoms with Crippen LogP contribution in [0, 0.1) is 19.3 Å². The van der Waals surface area contributed by atoms with Crippen LogP contribution in [0.2, 0.25) is 0 Å². The molecule has 0 aromatic carbocycles. The minimum absolute atomic E-state index is 0.0744. The van der Waals surface area contributed by atoms with E-state index in [1.807, 2.05) is 41.8 Å². The normalized spacial score (nSPS) is 18.9. The number of hydrogen-bond donors (Lipinski definition) is 0. The summed E-state index contributed by atoms with van der Waals surface area (Å²) in [5, 5.41) is 0. The topological polar surface area (TPSA) is 66.4 Å². The number of rotatable bonds is 3. The van der Waals surface area contributed by atoms with Crippen LogP contribution in [0.25, 0.3) is 0 Å². The first-order valence-electron chi connectivity index (χ1n) is 10.3. The summed E-state index contributed by atoms with van der Waals surface area (Å²) >= 11 is 0. The third-order valence-corrected chi connectivity index (χ3v) is 6.46. The first-order valence-corrected chi connectivity index (χ1v) is 10.3. The minimum Gasteiger partial charge on any atom is -0.339 e. The Bertz CT molecular complexity index is 904. The number of aryl methyl sites for hydroxylation is 2. The van der Waals surface area contributed by atoms with E-state index < -0.39 is 0 Å². The molecule has 0 atom stereocenters. The molecular formula is C23H28N4O2. The number of nitrogens with zero attached hydrogens (tertiary/aromatic N) is 4. The van der Waals surface area contributed by atoms with Crippen molar-refractivity contribution in [3.05, 3.63) is 59.2 Å². The molecule has 6 nitrogen and oxygen atoms in total. The van der Waals surface area contributed by atoms with Gasteiger partial charge in [-0.3, -0.25) is 19.6 Å². The Morgan fingerprint density at radius 1 is 1.14 bits per heavy atom. The second-order valence-electron chi connectivity index (χ2n) is 8.54. The molecule has 0 radical (unpaired) electrons. The van der Waals surface area contributed by atoms with Crippen LogP contribution >= 0.6 is 0 Å². The largest absolute Gasteiger partial charge is 0.339 e. The molecule has 0 aliphatic carbocycles. The lowest BCUT2D eigenvalue weighted by Gasteiger charge is -2.47. The summed E-state index contributed by atoms with van der Waals surface area (Å²) < 4.78 is 0. The lowest BCUT2D eigenvalue weighted by Crippen LogP contribution is -2.52. The van der Waals surface area contributed by atoms with E-state index in [9.17, 15) is 9.59 Å². The van der Waals surface area contributed by atoms with Gasteiger partial charge < -0.3 is 9.80 Å². The van der Waals surface area contributed by atoms with Gasteiger partial charge in [0.15, 0.2) is 0 Å². The highest BCUT2D eigenvalue weighted by molar-refractivity contribution is 5.95. The fraction of sp³-hybridized carbons (Fsp3) is 0.478. The van der Waals surface area contributed by atoms with Crippen LogP contribution in [0.3, 0.4) is 0 Å². The summed E-state index contributed by atoms with van der Waals surface area (Å²) in [4.78, 5) is 37.8. The molecule has 4 heterocycles. The molecule has 29 heavy (non-hydrogen) atoms. The standard InChI is InChI=1S/C23H28N4O2/c1-17-13-18(2)25-14-20(17)22(29)26-11-7-23(8-12-26)6-3-21(28)27(16-23)15-19-4-9-24-10-5-19/h4-5,9-10,13-14H,3,6-8,11-12,15-16H2,1-2H3. The zero-order chi connectivity index (χ0) is 20.4. The average molecular weight is 393 g/mol. The van der Waals surface area contributed by atoms with Gasteiger partial charge in [0, 0.05) is 56.9 Å². The van der Waals surface area contributed by atoms with Crippen LogP contribution in [0.5, 0.6) is 0 Å². The van der Waals surface area contributed by atoms with Gasteiger partial charge in [-0.2, -0.15) is 0 Å². The number of aromatic nitrogens is 2. The molecule has 0 N–H and O–H groups in total. The molecule has 2 fully saturated rings. The van der Waals surface area contributed by atoms with Gasteiger partial charge in [-0.15, -0.1) is 0 Å². The molecule has 0 saturated carbocycles. The Kier molecular flexibility index (Phi) is 5.35. The highest BCUT2D eigenvalue weighted by Gasteiger charge is 2.41. The zero-order valence-corrected chi connectivity index (χ0v) is 17.2. The second-order valence-corrected chi connectivity index (χ2v) is 8.54. The van der Waals surface area contributed by atoms with E-state index in [4.69, 9.17) is 0 Å². The summed E-state index contributed by atoms with van der Waals surface area (Å²) in [5.74, 6) is 0.303. The van der Waals surface area contributed by atoms with Gasteiger partial charge in [0.2, 0.25) is 5.91 Å². The van der Waals surface area contributed by atoms with E-state index in [1.165, 1.54) is 0 Å². The van der Waals surface area contributed by atoms with E-state index in [0.717, 1.165) is 55.7 Å². The zero-order valence-electron chi connectivity index (χ0n) is 17.2. The van der Waals surface area contributed by atoms with Gasteiger partial charge in [0.25, 0.3) is 5.91 Å². The Balaban J connectivity index is 1.41. The van der Waals surface area contributed by atoms with Crippen molar-refractivity contribution < 1.29 is 9.59 Å². The van der Waals surface area contributed by atoms with E-state index in [1.54, 1.807) is 18.6 Å². The van der Waals surface area contributed by atoms with Crippen molar-refractivity contribution >= 4 is 11.8 Å². The molecule has 0 bridgehead atoms. The number of hydrogen-bond acceptors (Lipinski definition) is 4. The number of pyridine rings is 2. The van der Waals surface area contributed by atoms with Gasteiger partial charge in [0.1, 0.15) is 0 Å². The molecule has 2 aromatic rings. The predicted molar refractivity (Wildman–Crippen MR) is 110 cm³/mol. The SMILES string of the molecule is Cc1cc(C)c(C(=O)N2CCC3(CCC(=O)N(Cc4ccncc4)C3)CC2)cn1. The fourth-order valence-corrected chi connectivity index (χ4v) is 4.64. The van der Waals surface area contributed by atoms with Crippen molar-refractivity contribution in [2.75, 3.05) is 19.6 Å². The number of piperidine rings is 2. The van der Waals surface area contributed by atoms with Crippen LogP contribution < -0.4 is 0 Å². The van der Waals surface area contributed by atoms with Crippen molar-refractivity contribution in [1.29, 1.82) is 0 Å². The fourth-order valence-electron chi connectivity index (χ4n) is 4.64. The summed E-state index contributed by atoms with van der Waals surface area (Å²) in [7, 11) is 0. The molecule has 0 unspecified atom stereocenters. The average Bonchev–Trinajstić information content (AvgIpc) is 2.72. The van der Waals surface area contributed by atoms with E-state index in [2.05, 4.69) is 9.97 Å². The van der Waals surface area contributed by atoms with E-state index in [0.29, 0.717) is 18.5 Å². The molecule has 6 heteroatoms. The number of amides is 2. The molecule has 2 saturated heterocycles. The summed E-state index contributed by atoms with van der Waals surface area (Å²) in [6.45, 7) is 6.80. The van der Waals surface area contributed by atoms with E-state index >= 15 is 0 Å². The molecule has 2 aliphatic rings. The van der Waals surface area contributed by atoms with Gasteiger partial charge >= 0.3 is 0 Å². The maximum Gasteiger partial charge on any atom is 0.255 e. The third kappa shape index (κ3) is 4.16. The Labute approximate surface area is 172 Å². The van der Waals surface area contributed by atoms with Crippen LogP contribution in [0.4, 0.5) is 0 Å². The van der Waals surface area contributed by atoms with E-state index in [-0.39, 0.29) is 17.2 Å². The Morgan fingerprint density at radius 2 is 1.86 bits per heavy atom. The van der Waals surface area contributed by atoms with Crippen molar-refractivity contribution in [3.63, 3.8) is 0 Å². The maximum atomic E-state index is 13.0. The summed E-state index contributed by atoms with van der Waals surface area (Å²) in [6, 6.07) is 5.89. The van der Waals surface area contributed by atoms with Crippen molar-refractivity contribution in [3.8, 4) is 0 Å². The lowest BCUT2D eigenvalue weighted by atomic mass is 9.72. The van der Waals surface area contributed by atoms with Crippen molar-refractivity contribution in [1.82, 2.24) is 19.8 Å². The monoisotopic (exact) mass is 392 g/mol. The number of carbonyl (C=O) groups is 2. The molecule has 1 spiro atoms. The summed E-state index contributed by atoms with van der Waals surface area (Å²) in [5.41, 5.74) is 3.84. The molecule has 2 aliphatic heterocycles. The van der Waals surface area contributed by atoms with Crippen molar-refractivity contribution in [2.45, 2.75) is 46.1 Å². The van der Waals surface area contributed by atoms with Gasteiger partial charge in [-0.25, -0.2) is 0 Å². The molecule has 2 aromatic heterocycles. The highest BCUT2D eigenvalue weighted by Crippen LogP contribution is 2.41. The highest BCUT2D eigenvalue weighted by atomic mass is 16.2. The Hall–Kier alpha value is -2.76.